The van der Waals surface area contributed by atoms with Gasteiger partial charge in [-0.25, -0.2) is 0 Å². The first kappa shape index (κ1) is 34.1. The van der Waals surface area contributed by atoms with Gasteiger partial charge < -0.3 is 0 Å². The summed E-state index contributed by atoms with van der Waals surface area (Å²) in [6.07, 6.45) is 3.94. The molecular weight excluding hydrogens is 720 g/mol. The molecule has 0 N–H and O–H groups in total. The van der Waals surface area contributed by atoms with Gasteiger partial charge in [-0.2, -0.15) is 0 Å². The molecule has 3 rings (SSSR count). The van der Waals surface area contributed by atoms with Crippen molar-refractivity contribution in [3.63, 3.8) is 0 Å². The Bertz CT molecular complexity index is 1220. The number of nitrogens with zero attached hydrogens (tertiary/aromatic N) is 2. The molecule has 4 nitrogen and oxygen atoms in total. The van der Waals surface area contributed by atoms with Crippen LogP contribution in [0.2, 0.25) is 0 Å². The van der Waals surface area contributed by atoms with E-state index in [4.69, 9.17) is 23.7 Å². The number of hydrogen-bond acceptors (Lipinski definition) is 4. The summed E-state index contributed by atoms with van der Waals surface area (Å²) < 4.78 is 13.5. The summed E-state index contributed by atoms with van der Waals surface area (Å²) in [7, 11) is 7.18. The van der Waals surface area contributed by atoms with Crippen LogP contribution in [-0.2, 0) is 21.7 Å². The Morgan fingerprint density at radius 3 is 1.24 bits per heavy atom. The Morgan fingerprint density at radius 2 is 0.951 bits per heavy atom. The molecular formula is C35H52ClN2O2Tl. The Balaban J connectivity index is 2.31. The van der Waals surface area contributed by atoms with E-state index in [1.54, 1.807) is 0 Å². The quantitative estimate of drug-likeness (QED) is 0.251. The monoisotopic (exact) mass is 772 g/mol. The molecule has 0 aliphatic carbocycles. The van der Waals surface area contributed by atoms with Crippen molar-refractivity contribution in [1.82, 2.24) is 0 Å². The van der Waals surface area contributed by atoms with Crippen molar-refractivity contribution in [2.75, 3.05) is 13.1 Å². The normalized spacial score (nSPS) is 16.8. The van der Waals surface area contributed by atoms with Gasteiger partial charge in [0.05, 0.1) is 0 Å². The second-order valence-electron chi connectivity index (χ2n) is 16.5. The molecule has 0 atom stereocenters. The second kappa shape index (κ2) is 11.9. The van der Waals surface area contributed by atoms with Crippen molar-refractivity contribution < 1.29 is 5.37 Å². The van der Waals surface area contributed by atoms with Crippen molar-refractivity contribution in [1.29, 1.82) is 0 Å². The first-order valence-electron chi connectivity index (χ1n) is 14.8. The molecule has 1 aliphatic rings. The summed E-state index contributed by atoms with van der Waals surface area (Å²) in [5.74, 6) is 1.62. The summed E-state index contributed by atoms with van der Waals surface area (Å²) in [4.78, 5) is 9.85. The van der Waals surface area contributed by atoms with Gasteiger partial charge in [0.1, 0.15) is 0 Å². The number of halogens is 1. The van der Waals surface area contributed by atoms with Crippen LogP contribution in [0.4, 0.5) is 0 Å². The molecule has 0 aromatic heterocycles. The molecule has 0 unspecified atom stereocenters. The zero-order valence-corrected chi connectivity index (χ0v) is 33.3. The van der Waals surface area contributed by atoms with E-state index in [1.165, 1.54) is 11.1 Å². The fraction of sp³-hybridized carbons (Fsp3) is 0.600. The van der Waals surface area contributed by atoms with Crippen LogP contribution >= 0.6 is 8.32 Å². The van der Waals surface area contributed by atoms with Gasteiger partial charge in [-0.05, 0) is 0 Å². The molecule has 224 valence electrons. The Hall–Kier alpha value is -1.41. The van der Waals surface area contributed by atoms with E-state index < -0.39 is 22.4 Å². The fourth-order valence-electron chi connectivity index (χ4n) is 4.78. The van der Waals surface area contributed by atoms with E-state index in [-0.39, 0.29) is 27.1 Å². The number of fused-ring (bicyclic) bond motifs is 2. The molecule has 6 heteroatoms. The topological polar surface area (TPSA) is 43.2 Å². The van der Waals surface area contributed by atoms with Gasteiger partial charge >= 0.3 is 265 Å². The summed E-state index contributed by atoms with van der Waals surface area (Å²) in [6.45, 7) is 32.5. The molecule has 0 amide bonds. The average Bonchev–Trinajstić information content (AvgIpc) is 2.77. The average molecular weight is 773 g/mol. The molecule has 41 heavy (non-hydrogen) atoms. The fourth-order valence-corrected chi connectivity index (χ4v) is 10.0. The number of rotatable bonds is 0. The van der Waals surface area contributed by atoms with Crippen molar-refractivity contribution >= 4 is 43.1 Å². The second-order valence-corrected chi connectivity index (χ2v) is 23.6. The molecule has 0 saturated heterocycles. The Labute approximate surface area is 263 Å². The van der Waals surface area contributed by atoms with Crippen molar-refractivity contribution in [2.45, 2.75) is 119 Å². The van der Waals surface area contributed by atoms with Crippen molar-refractivity contribution in [3.8, 4) is 11.5 Å². The van der Waals surface area contributed by atoms with Crippen LogP contribution in [-0.4, -0.2) is 47.9 Å². The zero-order valence-electron chi connectivity index (χ0n) is 28.0. The summed E-state index contributed by atoms with van der Waals surface area (Å²) >= 11 is -3.76. The molecule has 0 radical (unpaired) electrons. The van der Waals surface area contributed by atoms with Crippen molar-refractivity contribution in [2.24, 2.45) is 15.4 Å². The molecule has 2 aromatic carbocycles. The van der Waals surface area contributed by atoms with Gasteiger partial charge in [-0.3, -0.25) is 0 Å². The Kier molecular flexibility index (Phi) is 9.92. The number of hydrogen-bond donors (Lipinski definition) is 0. The van der Waals surface area contributed by atoms with Crippen LogP contribution < -0.4 is 5.37 Å². The van der Waals surface area contributed by atoms with Crippen LogP contribution in [0.5, 0.6) is 11.5 Å². The number of aliphatic imine (C=N–C) groups is 2. The van der Waals surface area contributed by atoms with Gasteiger partial charge in [-0.1, -0.05) is 0 Å². The van der Waals surface area contributed by atoms with Crippen LogP contribution in [0.25, 0.3) is 0 Å². The van der Waals surface area contributed by atoms with Crippen LogP contribution in [0, 0.1) is 5.41 Å². The van der Waals surface area contributed by atoms with Crippen LogP contribution in [0.15, 0.2) is 34.3 Å². The molecule has 0 bridgehead atoms. The third-order valence-electron chi connectivity index (χ3n) is 7.50. The predicted octanol–water partition coefficient (Wildman–Crippen LogP) is 9.44. The first-order chi connectivity index (χ1) is 18.5. The summed E-state index contributed by atoms with van der Waals surface area (Å²) in [5, 5.41) is 0. The van der Waals surface area contributed by atoms with Crippen molar-refractivity contribution in [3.05, 3.63) is 57.6 Å². The molecule has 0 fully saturated rings. The van der Waals surface area contributed by atoms with Gasteiger partial charge in [0.2, 0.25) is 0 Å². The van der Waals surface area contributed by atoms with Gasteiger partial charge in [0, 0.05) is 0 Å². The predicted molar refractivity (Wildman–Crippen MR) is 179 cm³/mol. The van der Waals surface area contributed by atoms with E-state index in [0.29, 0.717) is 13.1 Å². The minimum absolute atomic E-state index is 0.0254. The third kappa shape index (κ3) is 8.81. The van der Waals surface area contributed by atoms with Gasteiger partial charge in [0.15, 0.2) is 0 Å². The molecule has 2 aromatic rings. The standard InChI is InChI=1S/C35H54N2O2.ClH.Tl/c1-31(2,3)25-15-23(29(38)27(17-25)33(7,8)9)19-36-21-35(13,14)22-37-20-24-16-26(32(4,5)6)18-28(30(24)39)34(10,11)12;;/h15-20,38-39H,21-22H2,1-14H3;1H;/q;;+3/p-3. The molecule has 1 heterocycles. The zero-order chi connectivity index (χ0) is 31.2. The maximum absolute atomic E-state index is 7.18. The van der Waals surface area contributed by atoms with E-state index >= 15 is 0 Å². The number of benzene rings is 2. The van der Waals surface area contributed by atoms with E-state index in [2.05, 4.69) is 121 Å². The molecule has 0 saturated carbocycles. The van der Waals surface area contributed by atoms with Gasteiger partial charge in [0.25, 0.3) is 0 Å². The summed E-state index contributed by atoms with van der Waals surface area (Å²) in [6, 6.07) is 9.00. The minimum atomic E-state index is -3.76. The van der Waals surface area contributed by atoms with Crippen LogP contribution in [0.1, 0.15) is 130 Å². The first-order valence-corrected chi connectivity index (χ1v) is 24.0. The Morgan fingerprint density at radius 1 is 0.610 bits per heavy atom. The van der Waals surface area contributed by atoms with Crippen LogP contribution in [0.3, 0.4) is 0 Å². The van der Waals surface area contributed by atoms with E-state index in [0.717, 1.165) is 33.8 Å². The molecule has 1 aliphatic heterocycles. The molecule has 0 spiro atoms. The summed E-state index contributed by atoms with van der Waals surface area (Å²) in [5.41, 5.74) is 6.22. The van der Waals surface area contributed by atoms with Gasteiger partial charge in [-0.15, -0.1) is 0 Å². The SMILES string of the molecule is CC1(C)CN=Cc2cc(C(C)(C)C)cc(C(C)(C)C)c2[O][Tl]([Cl])[O]c2c(cc(C(C)(C)C)cc2C(C)(C)C)C=NC1. The van der Waals surface area contributed by atoms with E-state index in [9.17, 15) is 0 Å². The van der Waals surface area contributed by atoms with E-state index in [1.807, 2.05) is 12.4 Å². The maximum atomic E-state index is 7.18. The third-order valence-corrected chi connectivity index (χ3v) is 12.3.